The number of aliphatic carboxylic acids is 1. The van der Waals surface area contributed by atoms with E-state index in [2.05, 4.69) is 5.32 Å². The molecule has 0 unspecified atom stereocenters. The Morgan fingerprint density at radius 1 is 1.35 bits per heavy atom. The lowest BCUT2D eigenvalue weighted by molar-refractivity contribution is -0.143. The van der Waals surface area contributed by atoms with Gasteiger partial charge in [-0.1, -0.05) is 0 Å². The lowest BCUT2D eigenvalue weighted by Crippen LogP contribution is -2.42. The van der Waals surface area contributed by atoms with Crippen LogP contribution in [0.1, 0.15) is 33.6 Å². The maximum atomic E-state index is 11.9. The first kappa shape index (κ1) is 16.0. The third-order valence-electron chi connectivity index (χ3n) is 3.04. The number of hydrogen-bond acceptors (Lipinski definition) is 4. The van der Waals surface area contributed by atoms with Crippen LogP contribution in [0, 0.1) is 17.2 Å². The third-order valence-corrected chi connectivity index (χ3v) is 3.04. The summed E-state index contributed by atoms with van der Waals surface area (Å²) in [5.41, 5.74) is -0.350. The van der Waals surface area contributed by atoms with Crippen molar-refractivity contribution in [3.05, 3.63) is 11.8 Å². The van der Waals surface area contributed by atoms with Crippen LogP contribution in [0.5, 0.6) is 0 Å². The van der Waals surface area contributed by atoms with Crippen molar-refractivity contribution in [1.29, 1.82) is 5.26 Å². The molecule has 0 spiro atoms. The summed E-state index contributed by atoms with van der Waals surface area (Å²) in [5.74, 6) is -1.51. The third kappa shape index (κ3) is 4.92. The van der Waals surface area contributed by atoms with Crippen LogP contribution in [0.2, 0.25) is 0 Å². The Hall–Kier alpha value is -2.03. The Bertz CT molecular complexity index is 449. The number of carbonyl (C=O) groups is 2. The molecule has 1 rings (SSSR count). The normalized spacial score (nSPS) is 17.5. The summed E-state index contributed by atoms with van der Waals surface area (Å²) < 4.78 is 0. The maximum Gasteiger partial charge on any atom is 0.306 e. The summed E-state index contributed by atoms with van der Waals surface area (Å²) >= 11 is 0. The molecule has 1 aliphatic rings. The molecule has 0 aliphatic carbocycles. The van der Waals surface area contributed by atoms with Gasteiger partial charge in [-0.25, -0.2) is 0 Å². The van der Waals surface area contributed by atoms with E-state index in [0.29, 0.717) is 25.9 Å². The number of nitrogens with zero attached hydrogens (tertiary/aromatic N) is 2. The number of hydrogen-bond donors (Lipinski definition) is 2. The Labute approximate surface area is 119 Å². The van der Waals surface area contributed by atoms with E-state index in [-0.39, 0.29) is 11.5 Å². The van der Waals surface area contributed by atoms with E-state index >= 15 is 0 Å². The van der Waals surface area contributed by atoms with Crippen LogP contribution in [0.3, 0.4) is 0 Å². The number of likely N-dealkylation sites (tertiary alicyclic amines) is 1. The fraction of sp³-hybridized carbons (Fsp3) is 0.643. The monoisotopic (exact) mass is 279 g/mol. The molecule has 2 N–H and O–H groups in total. The van der Waals surface area contributed by atoms with Gasteiger partial charge < -0.3 is 15.3 Å². The van der Waals surface area contributed by atoms with E-state index in [0.717, 1.165) is 0 Å². The van der Waals surface area contributed by atoms with Crippen LogP contribution in [0.25, 0.3) is 0 Å². The molecule has 0 aromatic carbocycles. The number of nitrogens with one attached hydrogen (secondary N) is 1. The Balaban J connectivity index is 2.65. The summed E-state index contributed by atoms with van der Waals surface area (Å²) in [6, 6.07) is 1.90. The van der Waals surface area contributed by atoms with Crippen molar-refractivity contribution in [2.24, 2.45) is 5.92 Å². The molecule has 0 saturated carbocycles. The molecule has 110 valence electrons. The zero-order valence-electron chi connectivity index (χ0n) is 12.1. The molecule has 1 heterocycles. The van der Waals surface area contributed by atoms with Gasteiger partial charge >= 0.3 is 5.97 Å². The van der Waals surface area contributed by atoms with E-state index in [1.807, 2.05) is 31.7 Å². The molecule has 0 atom stereocenters. The van der Waals surface area contributed by atoms with Gasteiger partial charge in [0, 0.05) is 24.8 Å². The van der Waals surface area contributed by atoms with Crippen LogP contribution < -0.4 is 5.32 Å². The molecular formula is C14H21N3O3. The second-order valence-corrected chi connectivity index (χ2v) is 6.01. The molecule has 0 bridgehead atoms. The van der Waals surface area contributed by atoms with Crippen LogP contribution in [0.4, 0.5) is 0 Å². The highest BCUT2D eigenvalue weighted by Gasteiger charge is 2.24. The van der Waals surface area contributed by atoms with Crippen molar-refractivity contribution >= 4 is 11.9 Å². The van der Waals surface area contributed by atoms with E-state index < -0.39 is 17.4 Å². The summed E-state index contributed by atoms with van der Waals surface area (Å²) in [6.07, 6.45) is 2.59. The molecule has 0 radical (unpaired) electrons. The largest absolute Gasteiger partial charge is 0.481 e. The lowest BCUT2D eigenvalue weighted by Gasteiger charge is -2.29. The van der Waals surface area contributed by atoms with E-state index in [1.165, 1.54) is 6.20 Å². The van der Waals surface area contributed by atoms with Crippen LogP contribution in [-0.2, 0) is 9.59 Å². The predicted octanol–water partition coefficient (Wildman–Crippen LogP) is 1.11. The molecule has 6 nitrogen and oxygen atoms in total. The molecule has 6 heteroatoms. The average Bonchev–Trinajstić information content (AvgIpc) is 2.34. The van der Waals surface area contributed by atoms with Gasteiger partial charge in [0.1, 0.15) is 11.6 Å². The van der Waals surface area contributed by atoms with Crippen LogP contribution in [-0.4, -0.2) is 40.5 Å². The van der Waals surface area contributed by atoms with E-state index in [9.17, 15) is 9.59 Å². The molecule has 1 saturated heterocycles. The maximum absolute atomic E-state index is 11.9. The Kier molecular flexibility index (Phi) is 5.14. The van der Waals surface area contributed by atoms with Gasteiger partial charge in [-0.3, -0.25) is 9.59 Å². The topological polar surface area (TPSA) is 93.4 Å². The van der Waals surface area contributed by atoms with Gasteiger partial charge in [0.15, 0.2) is 0 Å². The highest BCUT2D eigenvalue weighted by molar-refractivity contribution is 5.97. The molecule has 1 aliphatic heterocycles. The van der Waals surface area contributed by atoms with Gasteiger partial charge in [0.25, 0.3) is 5.91 Å². The number of carbonyl (C=O) groups excluding carboxylic acids is 1. The first-order valence-electron chi connectivity index (χ1n) is 6.64. The van der Waals surface area contributed by atoms with Crippen molar-refractivity contribution in [2.45, 2.75) is 39.2 Å². The fourth-order valence-corrected chi connectivity index (χ4v) is 2.00. The number of piperidine rings is 1. The second kappa shape index (κ2) is 6.42. The summed E-state index contributed by atoms with van der Waals surface area (Å²) in [5, 5.41) is 20.7. The lowest BCUT2D eigenvalue weighted by atomic mass is 9.97. The van der Waals surface area contributed by atoms with Gasteiger partial charge in [0.2, 0.25) is 0 Å². The molecule has 1 fully saturated rings. The zero-order chi connectivity index (χ0) is 15.3. The van der Waals surface area contributed by atoms with Gasteiger partial charge in [0.05, 0.1) is 5.92 Å². The number of rotatable bonds is 3. The van der Waals surface area contributed by atoms with Gasteiger partial charge in [-0.2, -0.15) is 5.26 Å². The molecule has 20 heavy (non-hydrogen) atoms. The Morgan fingerprint density at radius 3 is 2.30 bits per heavy atom. The smallest absolute Gasteiger partial charge is 0.306 e. The van der Waals surface area contributed by atoms with Crippen molar-refractivity contribution < 1.29 is 14.7 Å². The van der Waals surface area contributed by atoms with Crippen molar-refractivity contribution in [3.8, 4) is 6.07 Å². The quantitative estimate of drug-likeness (QED) is 0.596. The number of nitriles is 1. The first-order valence-corrected chi connectivity index (χ1v) is 6.64. The minimum absolute atomic E-state index is 0.0497. The van der Waals surface area contributed by atoms with Crippen molar-refractivity contribution in [2.75, 3.05) is 13.1 Å². The van der Waals surface area contributed by atoms with Crippen molar-refractivity contribution in [1.82, 2.24) is 10.2 Å². The average molecular weight is 279 g/mol. The zero-order valence-corrected chi connectivity index (χ0v) is 12.1. The fourth-order valence-electron chi connectivity index (χ4n) is 2.00. The second-order valence-electron chi connectivity index (χ2n) is 6.01. The van der Waals surface area contributed by atoms with Crippen molar-refractivity contribution in [3.63, 3.8) is 0 Å². The Morgan fingerprint density at radius 2 is 1.90 bits per heavy atom. The highest BCUT2D eigenvalue weighted by atomic mass is 16.4. The summed E-state index contributed by atoms with van der Waals surface area (Å²) in [6.45, 7) is 6.63. The number of carboxylic acids is 1. The standard InChI is InChI=1S/C14H21N3O3/c1-14(2,3)16-12(18)11(8-15)9-17-6-4-10(5-7-17)13(19)20/h9-10H,4-7H2,1-3H3,(H,16,18)(H,19,20)/b11-9-. The summed E-state index contributed by atoms with van der Waals surface area (Å²) in [4.78, 5) is 24.6. The molecule has 0 aromatic rings. The van der Waals surface area contributed by atoms with Gasteiger partial charge in [-0.15, -0.1) is 0 Å². The number of amides is 1. The van der Waals surface area contributed by atoms with E-state index in [1.54, 1.807) is 0 Å². The summed E-state index contributed by atoms with van der Waals surface area (Å²) in [7, 11) is 0. The minimum Gasteiger partial charge on any atom is -0.481 e. The van der Waals surface area contributed by atoms with Crippen LogP contribution in [0.15, 0.2) is 11.8 Å². The minimum atomic E-state index is -0.778. The van der Waals surface area contributed by atoms with Crippen LogP contribution >= 0.6 is 0 Å². The SMILES string of the molecule is CC(C)(C)NC(=O)/C(C#N)=C\N1CCC(C(=O)O)CC1. The molecule has 1 amide bonds. The molecular weight excluding hydrogens is 258 g/mol. The highest BCUT2D eigenvalue weighted by Crippen LogP contribution is 2.18. The first-order chi connectivity index (χ1) is 9.23. The van der Waals surface area contributed by atoms with Gasteiger partial charge in [-0.05, 0) is 33.6 Å². The number of carboxylic acid groups (broad SMARTS) is 1. The predicted molar refractivity (Wildman–Crippen MR) is 73.5 cm³/mol. The molecule has 0 aromatic heterocycles. The van der Waals surface area contributed by atoms with E-state index in [4.69, 9.17) is 10.4 Å².